The van der Waals surface area contributed by atoms with E-state index in [1.807, 2.05) is 0 Å². The van der Waals surface area contributed by atoms with Crippen molar-refractivity contribution in [2.75, 3.05) is 0 Å². The van der Waals surface area contributed by atoms with Gasteiger partial charge >= 0.3 is 89.1 Å². The lowest BCUT2D eigenvalue weighted by Crippen LogP contribution is -2.74. The molecule has 0 atom stereocenters. The molecule has 55 heavy (non-hydrogen) atoms. The molecule has 0 saturated carbocycles. The van der Waals surface area contributed by atoms with E-state index in [-0.39, 0.29) is 0 Å². The van der Waals surface area contributed by atoms with Crippen molar-refractivity contribution in [2.24, 2.45) is 0 Å². The van der Waals surface area contributed by atoms with Gasteiger partial charge in [0.1, 0.15) is 0 Å². The van der Waals surface area contributed by atoms with E-state index >= 15 is 0 Å². The van der Waals surface area contributed by atoms with Crippen LogP contribution in [0.1, 0.15) is 29.2 Å². The van der Waals surface area contributed by atoms with Gasteiger partial charge in [-0.25, -0.2) is 0 Å². The molecule has 0 aliphatic heterocycles. The molecule has 1 rings (SSSR count). The van der Waals surface area contributed by atoms with Gasteiger partial charge in [0.25, 0.3) is 0 Å². The maximum Gasteiger partial charge on any atom is 0.460 e. The zero-order chi connectivity index (χ0) is 45.2. The minimum absolute atomic E-state index is 0.534. The van der Waals surface area contributed by atoms with Gasteiger partial charge in [0.05, 0.1) is 0 Å². The minimum Gasteiger partial charge on any atom is -0.200 e. The SMILES string of the molecule is Cc1cc(C(F)(F)C(F)(F)C(F)(F)C(F)(F)C(F)(F)C(F)(F)C(F)(F)C(F)(F)F)c(C)cc1C(F)(F)C(F)(F)C(F)(F)C(F)(F)C(F)(F)C(F)(F)C(C)(F)F. The Kier molecular flexibility index (Phi) is 11.4. The van der Waals surface area contributed by atoms with Gasteiger partial charge in [0.15, 0.2) is 0 Å². The van der Waals surface area contributed by atoms with Crippen molar-refractivity contribution >= 4 is 0 Å². The van der Waals surface area contributed by atoms with Gasteiger partial charge in [-0.1, -0.05) is 0 Å². The highest BCUT2D eigenvalue weighted by molar-refractivity contribution is 5.44. The van der Waals surface area contributed by atoms with E-state index in [9.17, 15) is 136 Å². The summed E-state index contributed by atoms with van der Waals surface area (Å²) in [5.74, 6) is -117. The average Bonchev–Trinajstić information content (AvgIpc) is 2.95. The first kappa shape index (κ1) is 50.1. The third-order valence-electron chi connectivity index (χ3n) is 7.49. The van der Waals surface area contributed by atoms with Crippen LogP contribution in [0.3, 0.4) is 0 Å². The van der Waals surface area contributed by atoms with Crippen molar-refractivity contribution in [3.63, 3.8) is 0 Å². The van der Waals surface area contributed by atoms with Crippen LogP contribution in [0.2, 0.25) is 0 Å². The summed E-state index contributed by atoms with van der Waals surface area (Å²) in [4.78, 5) is 0. The van der Waals surface area contributed by atoms with Crippen LogP contribution in [-0.4, -0.2) is 77.2 Å². The highest BCUT2D eigenvalue weighted by atomic mass is 19.4. The van der Waals surface area contributed by atoms with Gasteiger partial charge in [-0.15, -0.1) is 0 Å². The second kappa shape index (κ2) is 12.5. The van der Waals surface area contributed by atoms with Crippen molar-refractivity contribution in [1.29, 1.82) is 0 Å². The Morgan fingerprint density at radius 3 is 0.655 bits per heavy atom. The Labute approximate surface area is 281 Å². The minimum atomic E-state index is -9.17. The molecule has 0 aromatic heterocycles. The fourth-order valence-corrected chi connectivity index (χ4v) is 4.06. The van der Waals surface area contributed by atoms with Crippen LogP contribution in [0.25, 0.3) is 0 Å². The fraction of sp³-hybridized carbons (Fsp3) is 0.750. The van der Waals surface area contributed by atoms with Crippen LogP contribution < -0.4 is 0 Å². The zero-order valence-electron chi connectivity index (χ0n) is 25.4. The number of alkyl halides is 31. The molecule has 0 radical (unpaired) electrons. The summed E-state index contributed by atoms with van der Waals surface area (Å²) >= 11 is 0. The number of rotatable bonds is 14. The highest BCUT2D eigenvalue weighted by Gasteiger charge is 2.96. The molecule has 0 saturated heterocycles. The molecular formula is C24H11F31. The van der Waals surface area contributed by atoms with E-state index < -0.39 is 144 Å². The molecule has 324 valence electrons. The van der Waals surface area contributed by atoms with Crippen LogP contribution in [0.15, 0.2) is 12.1 Å². The molecule has 1 aromatic carbocycles. The molecular weight excluding hydrogens is 877 g/mol. The molecule has 0 bridgehead atoms. The second-order valence-electron chi connectivity index (χ2n) is 11.3. The van der Waals surface area contributed by atoms with Crippen LogP contribution in [-0.2, 0) is 11.8 Å². The van der Waals surface area contributed by atoms with Gasteiger partial charge in [-0.3, -0.25) is 0 Å². The summed E-state index contributed by atoms with van der Waals surface area (Å²) in [6.45, 7) is -2.48. The summed E-state index contributed by atoms with van der Waals surface area (Å²) < 4.78 is 426. The van der Waals surface area contributed by atoms with Crippen molar-refractivity contribution in [3.05, 3.63) is 34.4 Å². The lowest BCUT2D eigenvalue weighted by molar-refractivity contribution is -0.462. The molecule has 0 spiro atoms. The Bertz CT molecular complexity index is 1580. The quantitative estimate of drug-likeness (QED) is 0.163. The first-order valence-electron chi connectivity index (χ1n) is 12.8. The first-order valence-corrected chi connectivity index (χ1v) is 12.8. The van der Waals surface area contributed by atoms with Gasteiger partial charge in [0.2, 0.25) is 0 Å². The van der Waals surface area contributed by atoms with E-state index in [1.165, 1.54) is 0 Å². The van der Waals surface area contributed by atoms with Gasteiger partial charge in [0, 0.05) is 18.1 Å². The van der Waals surface area contributed by atoms with Gasteiger partial charge in [-0.05, 0) is 37.1 Å². The Hall–Kier alpha value is -2.95. The molecule has 0 nitrogen and oxygen atoms in total. The number of hydrogen-bond acceptors (Lipinski definition) is 0. The topological polar surface area (TPSA) is 0 Å². The van der Waals surface area contributed by atoms with Crippen molar-refractivity contribution in [3.8, 4) is 0 Å². The molecule has 0 fully saturated rings. The Balaban J connectivity index is 4.04. The van der Waals surface area contributed by atoms with E-state index in [2.05, 4.69) is 0 Å². The molecule has 0 N–H and O–H groups in total. The van der Waals surface area contributed by atoms with Crippen LogP contribution in [0, 0.1) is 13.8 Å². The molecule has 0 aliphatic rings. The van der Waals surface area contributed by atoms with Gasteiger partial charge in [-0.2, -0.15) is 136 Å². The lowest BCUT2D eigenvalue weighted by atomic mass is 9.83. The van der Waals surface area contributed by atoms with Crippen LogP contribution in [0.5, 0.6) is 0 Å². The summed E-state index contributed by atoms with van der Waals surface area (Å²) in [6, 6.07) is -2.81. The number of hydrogen-bond donors (Lipinski definition) is 0. The Morgan fingerprint density at radius 1 is 0.273 bits per heavy atom. The van der Waals surface area contributed by atoms with E-state index in [1.54, 1.807) is 0 Å². The standard InChI is InChI=1S/C24H11F31/c1-6-5-9(12(29,30)15(35,36)18(41,42)20(45,46)21(47,48)22(49,50)23(51,52)24(53,54)55)7(2)4-8(6)11(27,28)14(33,34)17(39,40)19(43,44)16(37,38)13(31,32)10(3,25)26/h4-5H,1-3H3. The molecule has 0 amide bonds. The van der Waals surface area contributed by atoms with E-state index in [0.717, 1.165) is 0 Å². The highest BCUT2D eigenvalue weighted by Crippen LogP contribution is 2.67. The monoisotopic (exact) mass is 888 g/mol. The largest absolute Gasteiger partial charge is 0.460 e. The smallest absolute Gasteiger partial charge is 0.200 e. The van der Waals surface area contributed by atoms with Crippen LogP contribution >= 0.6 is 0 Å². The molecule has 0 unspecified atom stereocenters. The van der Waals surface area contributed by atoms with Crippen molar-refractivity contribution < 1.29 is 136 Å². The second-order valence-corrected chi connectivity index (χ2v) is 11.3. The first-order chi connectivity index (χ1) is 23.3. The van der Waals surface area contributed by atoms with E-state index in [4.69, 9.17) is 0 Å². The number of aryl methyl sites for hydroxylation is 2. The maximum atomic E-state index is 14.8. The Morgan fingerprint density at radius 2 is 0.455 bits per heavy atom. The lowest BCUT2D eigenvalue weighted by Gasteiger charge is -2.43. The van der Waals surface area contributed by atoms with Crippen LogP contribution in [0.4, 0.5) is 136 Å². The normalized spacial score (nSPS) is 16.5. The number of benzene rings is 1. The summed E-state index contributed by atoms with van der Waals surface area (Å²) in [7, 11) is 0. The summed E-state index contributed by atoms with van der Waals surface area (Å²) in [6.07, 6.45) is -8.11. The predicted molar refractivity (Wildman–Crippen MR) is 115 cm³/mol. The fourth-order valence-electron chi connectivity index (χ4n) is 4.06. The third kappa shape index (κ3) is 6.09. The van der Waals surface area contributed by atoms with Crippen molar-refractivity contribution in [1.82, 2.24) is 0 Å². The maximum absolute atomic E-state index is 14.8. The van der Waals surface area contributed by atoms with Crippen molar-refractivity contribution in [2.45, 2.75) is 110 Å². The average molecular weight is 888 g/mol. The predicted octanol–water partition coefficient (Wildman–Crippen LogP) is 12.7. The molecule has 0 aliphatic carbocycles. The van der Waals surface area contributed by atoms with Gasteiger partial charge < -0.3 is 0 Å². The molecule has 31 heteroatoms. The number of halogens is 31. The summed E-state index contributed by atoms with van der Waals surface area (Å²) in [5, 5.41) is 0. The zero-order valence-corrected chi connectivity index (χ0v) is 25.4. The molecule has 1 aromatic rings. The van der Waals surface area contributed by atoms with E-state index in [0.29, 0.717) is 0 Å². The summed E-state index contributed by atoms with van der Waals surface area (Å²) in [5.41, 5.74) is -11.9. The molecule has 0 heterocycles. The third-order valence-corrected chi connectivity index (χ3v) is 7.49.